The Labute approximate surface area is 113 Å². The number of carbonyl (C=O) groups excluding carboxylic acids is 1. The van der Waals surface area contributed by atoms with E-state index in [1.807, 2.05) is 25.1 Å². The molecule has 0 aliphatic rings. The standard InChI is InChI=1S/C13H18N2O2S/c1-4-17-13(16)9(3)15-11-6-5-10(12(14)18)7-8(11)2/h5-7,9,15H,4H2,1-3H3,(H2,14,18). The van der Waals surface area contributed by atoms with Gasteiger partial charge in [-0.25, -0.2) is 4.79 Å². The van der Waals surface area contributed by atoms with E-state index < -0.39 is 0 Å². The maximum Gasteiger partial charge on any atom is 0.328 e. The van der Waals surface area contributed by atoms with Gasteiger partial charge in [-0.05, 0) is 44.5 Å². The quantitative estimate of drug-likeness (QED) is 0.630. The van der Waals surface area contributed by atoms with E-state index in [0.717, 1.165) is 16.8 Å². The van der Waals surface area contributed by atoms with Crippen LogP contribution in [0.2, 0.25) is 0 Å². The van der Waals surface area contributed by atoms with Gasteiger partial charge in [0.05, 0.1) is 6.61 Å². The molecule has 0 heterocycles. The summed E-state index contributed by atoms with van der Waals surface area (Å²) < 4.78 is 4.94. The van der Waals surface area contributed by atoms with E-state index in [1.165, 1.54) is 0 Å². The number of esters is 1. The number of hydrogen-bond acceptors (Lipinski definition) is 4. The zero-order chi connectivity index (χ0) is 13.7. The van der Waals surface area contributed by atoms with Crippen LogP contribution in [0.4, 0.5) is 5.69 Å². The van der Waals surface area contributed by atoms with Crippen LogP contribution in [0.3, 0.4) is 0 Å². The lowest BCUT2D eigenvalue weighted by atomic mass is 10.1. The molecule has 0 aromatic heterocycles. The van der Waals surface area contributed by atoms with E-state index in [9.17, 15) is 4.79 Å². The van der Waals surface area contributed by atoms with Gasteiger partial charge in [-0.15, -0.1) is 0 Å². The highest BCUT2D eigenvalue weighted by Gasteiger charge is 2.14. The summed E-state index contributed by atoms with van der Waals surface area (Å²) in [5, 5.41) is 3.10. The Hall–Kier alpha value is -1.62. The zero-order valence-electron chi connectivity index (χ0n) is 10.8. The van der Waals surface area contributed by atoms with Gasteiger partial charge in [-0.3, -0.25) is 0 Å². The van der Waals surface area contributed by atoms with E-state index in [0.29, 0.717) is 11.6 Å². The molecule has 0 saturated heterocycles. The van der Waals surface area contributed by atoms with Gasteiger partial charge in [0.2, 0.25) is 0 Å². The number of hydrogen-bond donors (Lipinski definition) is 2. The Morgan fingerprint density at radius 3 is 2.72 bits per heavy atom. The van der Waals surface area contributed by atoms with Gasteiger partial charge in [-0.2, -0.15) is 0 Å². The summed E-state index contributed by atoms with van der Waals surface area (Å²) >= 11 is 4.91. The second-order valence-corrected chi connectivity index (χ2v) is 4.45. The van der Waals surface area contributed by atoms with Crippen molar-refractivity contribution in [3.05, 3.63) is 29.3 Å². The molecule has 0 amide bonds. The van der Waals surface area contributed by atoms with Crippen molar-refractivity contribution in [1.82, 2.24) is 0 Å². The zero-order valence-corrected chi connectivity index (χ0v) is 11.6. The number of thiocarbonyl (C=S) groups is 1. The molecule has 3 N–H and O–H groups in total. The molecule has 0 spiro atoms. The summed E-state index contributed by atoms with van der Waals surface area (Å²) in [5.74, 6) is -0.268. The van der Waals surface area contributed by atoms with Gasteiger partial charge in [0.25, 0.3) is 0 Å². The van der Waals surface area contributed by atoms with Crippen LogP contribution < -0.4 is 11.1 Å². The number of anilines is 1. The highest BCUT2D eigenvalue weighted by Crippen LogP contribution is 2.17. The molecule has 18 heavy (non-hydrogen) atoms. The van der Waals surface area contributed by atoms with Crippen LogP contribution in [0.25, 0.3) is 0 Å². The van der Waals surface area contributed by atoms with Crippen molar-refractivity contribution in [2.24, 2.45) is 5.73 Å². The lowest BCUT2D eigenvalue weighted by molar-refractivity contribution is -0.143. The highest BCUT2D eigenvalue weighted by atomic mass is 32.1. The normalized spacial score (nSPS) is 11.7. The molecule has 0 aliphatic heterocycles. The summed E-state index contributed by atoms with van der Waals surface area (Å²) in [7, 11) is 0. The van der Waals surface area contributed by atoms with Crippen LogP contribution in [0.5, 0.6) is 0 Å². The average molecular weight is 266 g/mol. The fraction of sp³-hybridized carbons (Fsp3) is 0.385. The number of nitrogens with one attached hydrogen (secondary N) is 1. The van der Waals surface area contributed by atoms with E-state index in [2.05, 4.69) is 5.32 Å². The van der Waals surface area contributed by atoms with Crippen LogP contribution in [-0.4, -0.2) is 23.6 Å². The van der Waals surface area contributed by atoms with Crippen LogP contribution in [0.15, 0.2) is 18.2 Å². The molecule has 0 bridgehead atoms. The molecule has 4 nitrogen and oxygen atoms in total. The van der Waals surface area contributed by atoms with Crippen molar-refractivity contribution in [2.75, 3.05) is 11.9 Å². The molecular formula is C13H18N2O2S. The number of benzene rings is 1. The first kappa shape index (κ1) is 14.4. The van der Waals surface area contributed by atoms with Crippen molar-refractivity contribution in [3.8, 4) is 0 Å². The fourth-order valence-corrected chi connectivity index (χ4v) is 1.67. The van der Waals surface area contributed by atoms with Crippen molar-refractivity contribution >= 4 is 28.9 Å². The fourth-order valence-electron chi connectivity index (χ4n) is 1.54. The number of nitrogens with two attached hydrogens (primary N) is 1. The first-order valence-electron chi connectivity index (χ1n) is 5.79. The lowest BCUT2D eigenvalue weighted by Gasteiger charge is -2.16. The smallest absolute Gasteiger partial charge is 0.328 e. The molecular weight excluding hydrogens is 248 g/mol. The van der Waals surface area contributed by atoms with Gasteiger partial charge in [-0.1, -0.05) is 12.2 Å². The first-order chi connectivity index (χ1) is 8.45. The molecule has 1 atom stereocenters. The van der Waals surface area contributed by atoms with E-state index in [1.54, 1.807) is 13.8 Å². The maximum atomic E-state index is 11.5. The molecule has 0 saturated carbocycles. The summed E-state index contributed by atoms with van der Waals surface area (Å²) in [5.41, 5.74) is 8.23. The molecule has 1 aromatic carbocycles. The predicted octanol–water partition coefficient (Wildman–Crippen LogP) is 1.99. The third kappa shape index (κ3) is 3.70. The summed E-state index contributed by atoms with van der Waals surface area (Å²) in [4.78, 5) is 11.9. The third-order valence-corrected chi connectivity index (χ3v) is 2.76. The molecule has 98 valence electrons. The monoisotopic (exact) mass is 266 g/mol. The van der Waals surface area contributed by atoms with Gasteiger partial charge < -0.3 is 15.8 Å². The molecule has 1 unspecified atom stereocenters. The first-order valence-corrected chi connectivity index (χ1v) is 6.20. The summed E-state index contributed by atoms with van der Waals surface area (Å²) in [6, 6.07) is 5.19. The topological polar surface area (TPSA) is 64.3 Å². The average Bonchev–Trinajstić information content (AvgIpc) is 2.31. The Bertz CT molecular complexity index is 460. The Morgan fingerprint density at radius 2 is 2.22 bits per heavy atom. The number of ether oxygens (including phenoxy) is 1. The number of rotatable bonds is 5. The highest BCUT2D eigenvalue weighted by molar-refractivity contribution is 7.80. The molecule has 0 fully saturated rings. The van der Waals surface area contributed by atoms with Crippen molar-refractivity contribution in [1.29, 1.82) is 0 Å². The number of carbonyl (C=O) groups is 1. The van der Waals surface area contributed by atoms with Gasteiger partial charge in [0.15, 0.2) is 0 Å². The van der Waals surface area contributed by atoms with Crippen LogP contribution in [0.1, 0.15) is 25.0 Å². The minimum Gasteiger partial charge on any atom is -0.464 e. The number of aryl methyl sites for hydroxylation is 1. The van der Waals surface area contributed by atoms with Gasteiger partial charge in [0.1, 0.15) is 11.0 Å². The van der Waals surface area contributed by atoms with Crippen molar-refractivity contribution in [3.63, 3.8) is 0 Å². The molecule has 0 aliphatic carbocycles. The molecule has 1 aromatic rings. The minimum absolute atomic E-state index is 0.268. The maximum absolute atomic E-state index is 11.5. The van der Waals surface area contributed by atoms with Crippen LogP contribution >= 0.6 is 12.2 Å². The minimum atomic E-state index is -0.390. The van der Waals surface area contributed by atoms with Crippen LogP contribution in [-0.2, 0) is 9.53 Å². The van der Waals surface area contributed by atoms with Crippen molar-refractivity contribution in [2.45, 2.75) is 26.8 Å². The summed E-state index contributed by atoms with van der Waals surface area (Å²) in [6.45, 7) is 5.86. The van der Waals surface area contributed by atoms with Gasteiger partial charge >= 0.3 is 5.97 Å². The van der Waals surface area contributed by atoms with Crippen molar-refractivity contribution < 1.29 is 9.53 Å². The Balaban J connectivity index is 2.79. The second-order valence-electron chi connectivity index (χ2n) is 4.01. The SMILES string of the molecule is CCOC(=O)C(C)Nc1ccc(C(N)=S)cc1C. The Kier molecular flexibility index (Phi) is 5.09. The largest absolute Gasteiger partial charge is 0.464 e. The van der Waals surface area contributed by atoms with E-state index in [-0.39, 0.29) is 12.0 Å². The molecule has 5 heteroatoms. The summed E-state index contributed by atoms with van der Waals surface area (Å²) in [6.07, 6.45) is 0. The molecule has 0 radical (unpaired) electrons. The predicted molar refractivity (Wildman–Crippen MR) is 76.8 cm³/mol. The molecule has 1 rings (SSSR count). The lowest BCUT2D eigenvalue weighted by Crippen LogP contribution is -2.28. The second kappa shape index (κ2) is 6.35. The third-order valence-electron chi connectivity index (χ3n) is 2.52. The van der Waals surface area contributed by atoms with Crippen LogP contribution in [0, 0.1) is 6.92 Å². The van der Waals surface area contributed by atoms with E-state index >= 15 is 0 Å². The van der Waals surface area contributed by atoms with E-state index in [4.69, 9.17) is 22.7 Å². The van der Waals surface area contributed by atoms with Gasteiger partial charge in [0, 0.05) is 11.3 Å². The Morgan fingerprint density at radius 1 is 1.56 bits per heavy atom.